The van der Waals surface area contributed by atoms with E-state index in [1.54, 1.807) is 49.6 Å². The van der Waals surface area contributed by atoms with Gasteiger partial charge >= 0.3 is 11.9 Å². The summed E-state index contributed by atoms with van der Waals surface area (Å²) in [6.07, 6.45) is 0.375. The van der Waals surface area contributed by atoms with Gasteiger partial charge in [-0.3, -0.25) is 0 Å². The highest BCUT2D eigenvalue weighted by Crippen LogP contribution is 2.26. The Balaban J connectivity index is 1.89. The van der Waals surface area contributed by atoms with Crippen molar-refractivity contribution in [3.63, 3.8) is 0 Å². The fourth-order valence-corrected chi connectivity index (χ4v) is 2.98. The van der Waals surface area contributed by atoms with E-state index in [0.717, 1.165) is 11.1 Å². The Kier molecular flexibility index (Phi) is 5.69. The van der Waals surface area contributed by atoms with Crippen LogP contribution in [0.1, 0.15) is 31.8 Å². The van der Waals surface area contributed by atoms with Crippen LogP contribution in [0, 0.1) is 0 Å². The van der Waals surface area contributed by atoms with Crippen LogP contribution in [0.3, 0.4) is 0 Å². The van der Waals surface area contributed by atoms with Gasteiger partial charge in [-0.1, -0.05) is 18.2 Å². The van der Waals surface area contributed by atoms with E-state index in [0.29, 0.717) is 23.5 Å². The minimum atomic E-state index is -1.10. The number of nitrogen functional groups attached to an aromatic ring is 1. The van der Waals surface area contributed by atoms with Crippen molar-refractivity contribution >= 4 is 29.0 Å². The Bertz CT molecular complexity index is 1080. The Hall–Kier alpha value is -4.00. The Morgan fingerprint density at radius 1 is 0.931 bits per heavy atom. The molecule has 0 aromatic heterocycles. The van der Waals surface area contributed by atoms with E-state index in [2.05, 4.69) is 5.32 Å². The van der Waals surface area contributed by atoms with Gasteiger partial charge in [0.2, 0.25) is 0 Å². The van der Waals surface area contributed by atoms with Gasteiger partial charge in [-0.15, -0.1) is 0 Å². The van der Waals surface area contributed by atoms with Crippen molar-refractivity contribution in [1.29, 1.82) is 0 Å². The molecule has 0 aliphatic heterocycles. The standard InChI is InChI=1S/C22H20N2O5/c1-29-16-4-2-3-15(12-16)24-20-8-6-14(11-18(20)22(27)28)9-13-5-7-19(23)17(10-13)21(25)26/h2-8,10-12,24H,9,23H2,1H3,(H,25,26)(H,27,28). The first-order chi connectivity index (χ1) is 13.9. The fourth-order valence-electron chi connectivity index (χ4n) is 2.98. The number of benzene rings is 3. The fraction of sp³-hybridized carbons (Fsp3) is 0.0909. The summed E-state index contributed by atoms with van der Waals surface area (Å²) in [7, 11) is 1.56. The number of ether oxygens (including phenoxy) is 1. The maximum absolute atomic E-state index is 11.8. The number of nitrogens with two attached hydrogens (primary N) is 1. The van der Waals surface area contributed by atoms with Gasteiger partial charge in [-0.25, -0.2) is 9.59 Å². The van der Waals surface area contributed by atoms with Crippen molar-refractivity contribution in [1.82, 2.24) is 0 Å². The Morgan fingerprint density at radius 3 is 2.24 bits per heavy atom. The number of carbonyl (C=O) groups is 2. The molecule has 0 heterocycles. The Labute approximate surface area is 167 Å². The molecule has 0 atom stereocenters. The maximum atomic E-state index is 11.8. The van der Waals surface area contributed by atoms with E-state index in [1.165, 1.54) is 12.1 Å². The number of rotatable bonds is 7. The van der Waals surface area contributed by atoms with Crippen LogP contribution >= 0.6 is 0 Å². The lowest BCUT2D eigenvalue weighted by Gasteiger charge is -2.13. The highest BCUT2D eigenvalue weighted by atomic mass is 16.5. The van der Waals surface area contributed by atoms with Gasteiger partial charge < -0.3 is 26.0 Å². The molecular weight excluding hydrogens is 372 g/mol. The summed E-state index contributed by atoms with van der Waals surface area (Å²) >= 11 is 0. The second-order valence-corrected chi connectivity index (χ2v) is 6.45. The molecular formula is C22H20N2O5. The molecule has 0 bridgehead atoms. The Morgan fingerprint density at radius 2 is 1.59 bits per heavy atom. The molecule has 29 heavy (non-hydrogen) atoms. The number of carboxylic acids is 2. The third-order valence-corrected chi connectivity index (χ3v) is 4.42. The van der Waals surface area contributed by atoms with Crippen LogP contribution in [0.15, 0.2) is 60.7 Å². The van der Waals surface area contributed by atoms with E-state index >= 15 is 0 Å². The van der Waals surface area contributed by atoms with Crippen molar-refractivity contribution in [2.75, 3.05) is 18.2 Å². The molecule has 3 aromatic carbocycles. The maximum Gasteiger partial charge on any atom is 0.337 e. The molecule has 0 saturated carbocycles. The molecule has 7 nitrogen and oxygen atoms in total. The van der Waals surface area contributed by atoms with Crippen molar-refractivity contribution in [2.45, 2.75) is 6.42 Å². The molecule has 3 rings (SSSR count). The summed E-state index contributed by atoms with van der Waals surface area (Å²) in [5.74, 6) is -1.52. The molecule has 0 fully saturated rings. The first kappa shape index (κ1) is 19.8. The molecule has 7 heteroatoms. The molecule has 0 aliphatic rings. The van der Waals surface area contributed by atoms with Gasteiger partial charge in [0, 0.05) is 17.4 Å². The first-order valence-electron chi connectivity index (χ1n) is 8.76. The van der Waals surface area contributed by atoms with Crippen molar-refractivity contribution in [3.8, 4) is 5.75 Å². The minimum Gasteiger partial charge on any atom is -0.497 e. The summed E-state index contributed by atoms with van der Waals surface area (Å²) in [6.45, 7) is 0. The molecule has 0 amide bonds. The third kappa shape index (κ3) is 4.65. The van der Waals surface area contributed by atoms with Crippen LogP contribution in [-0.4, -0.2) is 29.3 Å². The molecule has 5 N–H and O–H groups in total. The summed E-state index contributed by atoms with van der Waals surface area (Å²) in [4.78, 5) is 23.0. The lowest BCUT2D eigenvalue weighted by atomic mass is 9.99. The first-order valence-corrected chi connectivity index (χ1v) is 8.76. The summed E-state index contributed by atoms with van der Waals surface area (Å²) in [5, 5.41) is 21.9. The molecule has 0 radical (unpaired) electrons. The molecule has 3 aromatic rings. The third-order valence-electron chi connectivity index (χ3n) is 4.42. The summed E-state index contributed by atoms with van der Waals surface area (Å²) in [5.41, 5.74) is 8.61. The highest BCUT2D eigenvalue weighted by molar-refractivity contribution is 5.95. The largest absolute Gasteiger partial charge is 0.497 e. The number of hydrogen-bond acceptors (Lipinski definition) is 5. The van der Waals surface area contributed by atoms with Gasteiger partial charge in [0.05, 0.1) is 23.9 Å². The highest BCUT2D eigenvalue weighted by Gasteiger charge is 2.13. The average Bonchev–Trinajstić information content (AvgIpc) is 2.70. The molecule has 0 spiro atoms. The van der Waals surface area contributed by atoms with Crippen LogP contribution in [0.5, 0.6) is 5.75 Å². The minimum absolute atomic E-state index is 0.0252. The van der Waals surface area contributed by atoms with Gasteiger partial charge in [0.15, 0.2) is 0 Å². The lowest BCUT2D eigenvalue weighted by Crippen LogP contribution is -2.05. The quantitative estimate of drug-likeness (QED) is 0.448. The van der Waals surface area contributed by atoms with E-state index in [9.17, 15) is 19.8 Å². The number of methoxy groups -OCH3 is 1. The topological polar surface area (TPSA) is 122 Å². The SMILES string of the molecule is COc1cccc(Nc2ccc(Cc3ccc(N)c(C(=O)O)c3)cc2C(=O)O)c1. The predicted octanol–water partition coefficient (Wildman–Crippen LogP) is 4.01. The van der Waals surface area contributed by atoms with Crippen molar-refractivity contribution < 1.29 is 24.5 Å². The van der Waals surface area contributed by atoms with Crippen LogP contribution in [0.25, 0.3) is 0 Å². The van der Waals surface area contributed by atoms with Crippen molar-refractivity contribution in [2.24, 2.45) is 0 Å². The van der Waals surface area contributed by atoms with E-state index < -0.39 is 11.9 Å². The van der Waals surface area contributed by atoms with E-state index in [-0.39, 0.29) is 16.8 Å². The summed E-state index contributed by atoms with van der Waals surface area (Å²) in [6, 6.07) is 17.0. The smallest absolute Gasteiger partial charge is 0.337 e. The normalized spacial score (nSPS) is 10.4. The average molecular weight is 392 g/mol. The van der Waals surface area contributed by atoms with Gasteiger partial charge in [-0.2, -0.15) is 0 Å². The van der Waals surface area contributed by atoms with Crippen LogP contribution in [0.4, 0.5) is 17.1 Å². The second kappa shape index (κ2) is 8.35. The van der Waals surface area contributed by atoms with Gasteiger partial charge in [0.25, 0.3) is 0 Å². The zero-order valence-corrected chi connectivity index (χ0v) is 15.7. The van der Waals surface area contributed by atoms with Crippen LogP contribution in [0.2, 0.25) is 0 Å². The van der Waals surface area contributed by atoms with Crippen LogP contribution < -0.4 is 15.8 Å². The molecule has 0 aliphatic carbocycles. The van der Waals surface area contributed by atoms with E-state index in [1.807, 2.05) is 6.07 Å². The van der Waals surface area contributed by atoms with E-state index in [4.69, 9.17) is 10.5 Å². The zero-order valence-electron chi connectivity index (χ0n) is 15.7. The van der Waals surface area contributed by atoms with Gasteiger partial charge in [0.1, 0.15) is 5.75 Å². The number of nitrogens with one attached hydrogen (secondary N) is 1. The number of aromatic carboxylic acids is 2. The molecule has 0 saturated heterocycles. The lowest BCUT2D eigenvalue weighted by molar-refractivity contribution is 0.0687. The molecule has 0 unspecified atom stereocenters. The van der Waals surface area contributed by atoms with Crippen molar-refractivity contribution in [3.05, 3.63) is 82.9 Å². The number of hydrogen-bond donors (Lipinski definition) is 4. The second-order valence-electron chi connectivity index (χ2n) is 6.45. The molecule has 148 valence electrons. The van der Waals surface area contributed by atoms with Crippen LogP contribution in [-0.2, 0) is 6.42 Å². The number of anilines is 3. The number of carboxylic acid groups (broad SMARTS) is 2. The monoisotopic (exact) mass is 392 g/mol. The zero-order chi connectivity index (χ0) is 21.0. The predicted molar refractivity (Wildman–Crippen MR) is 110 cm³/mol. The van der Waals surface area contributed by atoms with Gasteiger partial charge in [-0.05, 0) is 53.9 Å². The summed E-state index contributed by atoms with van der Waals surface area (Å²) < 4.78 is 5.18.